The van der Waals surface area contributed by atoms with Gasteiger partial charge in [0.05, 0.1) is 0 Å². The third-order valence-corrected chi connectivity index (χ3v) is 17.5. The summed E-state index contributed by atoms with van der Waals surface area (Å²) in [5.74, 6) is 0. The van der Waals surface area contributed by atoms with Crippen molar-refractivity contribution in [2.75, 3.05) is 0 Å². The quantitative estimate of drug-likeness (QED) is 0.1000. The van der Waals surface area contributed by atoms with E-state index in [1.54, 1.807) is 10.0 Å². The molecule has 0 spiro atoms. The molecule has 0 N–H and O–H groups in total. The fourth-order valence-corrected chi connectivity index (χ4v) is 13.5. The molecule has 0 atom stereocenters. The summed E-state index contributed by atoms with van der Waals surface area (Å²) >= 11 is 0.960. The normalized spacial score (nSPS) is 11.4. The first-order valence-corrected chi connectivity index (χ1v) is 26.7. The van der Waals surface area contributed by atoms with Gasteiger partial charge in [0, 0.05) is 0 Å². The molecule has 0 nitrogen and oxygen atoms in total. The van der Waals surface area contributed by atoms with Gasteiger partial charge in [-0.05, 0) is 71.5 Å². The van der Waals surface area contributed by atoms with E-state index < -0.39 is 23.8 Å². The van der Waals surface area contributed by atoms with Gasteiger partial charge >= 0.3 is 27.2 Å². The first kappa shape index (κ1) is 43.0. The van der Waals surface area contributed by atoms with Crippen LogP contribution in [0.3, 0.4) is 0 Å². The first-order chi connectivity index (χ1) is 29.8. The predicted octanol–water partition coefficient (Wildman–Crippen LogP) is 11.3. The molecule has 0 saturated carbocycles. The summed E-state index contributed by atoms with van der Waals surface area (Å²) in [6, 6.07) is 97.0. The average molecular weight is 916 g/mol. The van der Waals surface area contributed by atoms with E-state index in [9.17, 15) is 0 Å². The molecular weight excluding hydrogens is 867 g/mol. The third kappa shape index (κ3) is 13.2. The van der Waals surface area contributed by atoms with Gasteiger partial charge in [-0.15, -0.1) is 0 Å². The third-order valence-electron chi connectivity index (χ3n) is 9.31. The van der Waals surface area contributed by atoms with Crippen LogP contribution in [0.5, 0.6) is 0 Å². The maximum atomic E-state index is 2.23. The summed E-state index contributed by atoms with van der Waals surface area (Å²) in [5, 5.41) is 15.8. The van der Waals surface area contributed by atoms with Crippen LogP contribution in [0, 0.1) is 0 Å². The molecule has 0 bridgehead atoms. The van der Waals surface area contributed by atoms with Crippen molar-refractivity contribution < 1.29 is 17.1 Å². The molecule has 0 amide bonds. The molecule has 1 saturated heterocycles. The second-order valence-electron chi connectivity index (χ2n) is 13.6. The zero-order valence-electron chi connectivity index (χ0n) is 33.6. The van der Waals surface area contributed by atoms with E-state index in [-0.39, 0.29) is 0 Å². The first-order valence-electron chi connectivity index (χ1n) is 20.2. The van der Waals surface area contributed by atoms with Gasteiger partial charge < -0.3 is 0 Å². The Hall–Kier alpha value is -5.11. The molecule has 0 aromatic heterocycles. The van der Waals surface area contributed by atoms with Crippen molar-refractivity contribution in [3.8, 4) is 0 Å². The molecule has 4 heteroatoms. The van der Waals surface area contributed by atoms with Crippen molar-refractivity contribution >= 4 is 71.5 Å². The standard InChI is InChI=1S/3C18H15P.C2H4.Ru/c3*1-4-10-16(11-5-1)19(17-12-6-2-7-13-17)18-14-8-3-9-15-18;1-2;/h3*1-15H;1-2H2;. The van der Waals surface area contributed by atoms with Crippen molar-refractivity contribution in [2.45, 2.75) is 10.0 Å². The van der Waals surface area contributed by atoms with E-state index in [1.165, 1.54) is 47.7 Å². The summed E-state index contributed by atoms with van der Waals surface area (Å²) in [4.78, 5) is 0. The van der Waals surface area contributed by atoms with E-state index in [2.05, 4.69) is 273 Å². The Morgan fingerprint density at radius 3 is 0.367 bits per heavy atom. The Morgan fingerprint density at radius 1 is 0.183 bits per heavy atom. The number of hydrogen-bond acceptors (Lipinski definition) is 0. The Kier molecular flexibility index (Phi) is 17.4. The summed E-state index contributed by atoms with van der Waals surface area (Å²) in [6.07, 6.45) is 0. The minimum absolute atomic E-state index is 0.446. The van der Waals surface area contributed by atoms with Gasteiger partial charge in [-0.3, -0.25) is 0 Å². The molecule has 60 heavy (non-hydrogen) atoms. The van der Waals surface area contributed by atoms with Gasteiger partial charge in [0.25, 0.3) is 0 Å². The van der Waals surface area contributed by atoms with Crippen LogP contribution in [0.25, 0.3) is 0 Å². The predicted molar refractivity (Wildman–Crippen MR) is 265 cm³/mol. The van der Waals surface area contributed by atoms with Crippen molar-refractivity contribution in [1.29, 1.82) is 0 Å². The number of rotatable bonds is 9. The molecule has 9 aromatic carbocycles. The zero-order chi connectivity index (χ0) is 40.9. The molecule has 9 aromatic rings. The van der Waals surface area contributed by atoms with Gasteiger partial charge in [-0.25, -0.2) is 0 Å². The molecule has 0 unspecified atom stereocenters. The second-order valence-corrected chi connectivity index (χ2v) is 22.8. The molecule has 296 valence electrons. The van der Waals surface area contributed by atoms with Gasteiger partial charge in [0.2, 0.25) is 0 Å². The topological polar surface area (TPSA) is 0 Å². The molecule has 0 aliphatic carbocycles. The van der Waals surface area contributed by atoms with Gasteiger partial charge in [-0.2, -0.15) is 0 Å². The van der Waals surface area contributed by atoms with Crippen molar-refractivity contribution in [2.24, 2.45) is 0 Å². The fraction of sp³-hybridized carbons (Fsp3) is 0.0357. The molecule has 0 radical (unpaired) electrons. The maximum Gasteiger partial charge on any atom is -0.0134 e. The second kappa shape index (κ2) is 24.2. The monoisotopic (exact) mass is 916 g/mol. The van der Waals surface area contributed by atoms with Gasteiger partial charge in [-0.1, -0.05) is 273 Å². The van der Waals surface area contributed by atoms with Crippen LogP contribution >= 0.6 is 23.8 Å². The molecule has 1 aliphatic rings. The van der Waals surface area contributed by atoms with Crippen LogP contribution in [0.2, 0.25) is 10.0 Å². The average Bonchev–Trinajstić information content (AvgIpc) is 4.24. The minimum atomic E-state index is -0.446. The van der Waals surface area contributed by atoms with E-state index in [0.29, 0.717) is 0 Å². The maximum absolute atomic E-state index is 2.23. The molecule has 1 heterocycles. The minimum Gasteiger partial charge on any atom is -0.0622 e. The van der Waals surface area contributed by atoms with E-state index in [4.69, 9.17) is 0 Å². The summed E-state index contributed by atoms with van der Waals surface area (Å²) < 4.78 is 0. The van der Waals surface area contributed by atoms with E-state index in [0.717, 1.165) is 17.1 Å². The van der Waals surface area contributed by atoms with Gasteiger partial charge in [0.15, 0.2) is 0 Å². The molecular formula is C56H49P3Ru. The smallest absolute Gasteiger partial charge is 0.0134 e. The summed E-state index contributed by atoms with van der Waals surface area (Å²) in [7, 11) is -1.34. The van der Waals surface area contributed by atoms with Crippen LogP contribution in [0.4, 0.5) is 0 Å². The summed E-state index contributed by atoms with van der Waals surface area (Å²) in [6.45, 7) is 0. The summed E-state index contributed by atoms with van der Waals surface area (Å²) in [5.41, 5.74) is 0. The number of benzene rings is 9. The largest absolute Gasteiger partial charge is 0.0622 e. The van der Waals surface area contributed by atoms with Crippen molar-refractivity contribution in [3.05, 3.63) is 273 Å². The Morgan fingerprint density at radius 2 is 0.283 bits per heavy atom. The van der Waals surface area contributed by atoms with Crippen LogP contribution in [-0.4, -0.2) is 0 Å². The Labute approximate surface area is 369 Å². The van der Waals surface area contributed by atoms with Crippen LogP contribution < -0.4 is 47.7 Å². The Balaban J connectivity index is 0.000000131. The van der Waals surface area contributed by atoms with Gasteiger partial charge in [0.1, 0.15) is 0 Å². The van der Waals surface area contributed by atoms with Crippen LogP contribution in [-0.2, 0) is 17.1 Å². The molecule has 1 aliphatic heterocycles. The van der Waals surface area contributed by atoms with Crippen molar-refractivity contribution in [3.63, 3.8) is 0 Å². The van der Waals surface area contributed by atoms with E-state index >= 15 is 0 Å². The zero-order valence-corrected chi connectivity index (χ0v) is 38.0. The van der Waals surface area contributed by atoms with Crippen LogP contribution in [0.15, 0.2) is 273 Å². The van der Waals surface area contributed by atoms with Crippen LogP contribution in [0.1, 0.15) is 0 Å². The number of hydrogen-bond donors (Lipinski definition) is 0. The molecule has 10 rings (SSSR count). The fourth-order valence-electron chi connectivity index (χ4n) is 6.54. The van der Waals surface area contributed by atoms with Crippen molar-refractivity contribution in [1.82, 2.24) is 0 Å². The molecule has 1 fully saturated rings. The SMILES string of the molecule is [CH2]1[CH2][Ru]1.c1ccc(P(c2ccccc2)c2ccccc2)cc1.c1ccc(P(c2ccccc2)c2ccccc2)cc1.c1ccc(P(c2ccccc2)c2ccccc2)cc1. The van der Waals surface area contributed by atoms with E-state index in [1.807, 2.05) is 0 Å². The Bertz CT molecular complexity index is 1910.